The first-order valence-corrected chi connectivity index (χ1v) is 11.1. The number of aromatic nitrogens is 5. The van der Waals surface area contributed by atoms with Crippen molar-refractivity contribution in [3.05, 3.63) is 46.1 Å². The van der Waals surface area contributed by atoms with Gasteiger partial charge in [0.2, 0.25) is 5.95 Å². The molecule has 1 aliphatic rings. The van der Waals surface area contributed by atoms with Crippen LogP contribution < -0.4 is 5.56 Å². The summed E-state index contributed by atoms with van der Waals surface area (Å²) in [6, 6.07) is 3.33. The van der Waals surface area contributed by atoms with Crippen molar-refractivity contribution in [3.8, 4) is 5.95 Å². The second-order valence-electron chi connectivity index (χ2n) is 8.70. The molecule has 0 aliphatic carbocycles. The number of hydrogen-bond acceptors (Lipinski definition) is 4. The summed E-state index contributed by atoms with van der Waals surface area (Å²) < 4.78 is 42.4. The summed E-state index contributed by atoms with van der Waals surface area (Å²) in [6.07, 6.45) is -0.840. The Morgan fingerprint density at radius 2 is 1.88 bits per heavy atom. The molecule has 2 unspecified atom stereocenters. The minimum atomic E-state index is -4.22. The van der Waals surface area contributed by atoms with E-state index in [4.69, 9.17) is 0 Å². The van der Waals surface area contributed by atoms with E-state index in [9.17, 15) is 22.8 Å². The van der Waals surface area contributed by atoms with E-state index in [1.165, 1.54) is 15.4 Å². The number of aromatic amines is 1. The van der Waals surface area contributed by atoms with Crippen molar-refractivity contribution in [2.24, 2.45) is 17.8 Å². The number of hydrogen-bond donors (Lipinski definition) is 1. The lowest BCUT2D eigenvalue weighted by atomic mass is 9.73. The van der Waals surface area contributed by atoms with Gasteiger partial charge in [0.25, 0.3) is 11.5 Å². The lowest BCUT2D eigenvalue weighted by Crippen LogP contribution is -2.49. The molecule has 11 heteroatoms. The minimum absolute atomic E-state index is 0.169. The first-order chi connectivity index (χ1) is 15.6. The van der Waals surface area contributed by atoms with Crippen molar-refractivity contribution in [3.63, 3.8) is 0 Å². The van der Waals surface area contributed by atoms with Gasteiger partial charge in [-0.3, -0.25) is 14.6 Å². The fourth-order valence-corrected chi connectivity index (χ4v) is 4.96. The van der Waals surface area contributed by atoms with Gasteiger partial charge in [-0.2, -0.15) is 18.3 Å². The molecule has 0 radical (unpaired) electrons. The van der Waals surface area contributed by atoms with Crippen LogP contribution in [0.3, 0.4) is 0 Å². The van der Waals surface area contributed by atoms with E-state index >= 15 is 0 Å². The molecular weight excluding hydrogens is 437 g/mol. The molecule has 1 amide bonds. The first kappa shape index (κ1) is 23.1. The zero-order valence-corrected chi connectivity index (χ0v) is 18.8. The third-order valence-electron chi connectivity index (χ3n) is 6.75. The van der Waals surface area contributed by atoms with Gasteiger partial charge in [0.05, 0.1) is 17.5 Å². The molecular formula is C22H27F3N6O2. The van der Waals surface area contributed by atoms with Crippen LogP contribution in [0.4, 0.5) is 13.2 Å². The van der Waals surface area contributed by atoms with Gasteiger partial charge < -0.3 is 4.90 Å². The van der Waals surface area contributed by atoms with Crippen molar-refractivity contribution in [2.75, 3.05) is 13.1 Å². The van der Waals surface area contributed by atoms with Crippen LogP contribution in [0.5, 0.6) is 0 Å². The lowest BCUT2D eigenvalue weighted by Gasteiger charge is -2.44. The SMILES string of the molecule is CCC1CN(C(=O)c2cnn(-c3nn4cccc4c(=O)[nH]3)c2C)CC(CC)C1CC(F)(F)F. The summed E-state index contributed by atoms with van der Waals surface area (Å²) in [5.74, 6) is -1.04. The van der Waals surface area contributed by atoms with Gasteiger partial charge in [-0.1, -0.05) is 26.7 Å². The summed E-state index contributed by atoms with van der Waals surface area (Å²) in [7, 11) is 0. The Morgan fingerprint density at radius 1 is 1.21 bits per heavy atom. The zero-order valence-electron chi connectivity index (χ0n) is 18.8. The highest BCUT2D eigenvalue weighted by atomic mass is 19.4. The number of nitrogens with one attached hydrogen (secondary N) is 1. The number of carbonyl (C=O) groups excluding carboxylic acids is 1. The zero-order chi connectivity index (χ0) is 23.9. The number of fused-ring (bicyclic) bond motifs is 1. The molecule has 0 spiro atoms. The van der Waals surface area contributed by atoms with Crippen LogP contribution in [0, 0.1) is 24.7 Å². The van der Waals surface area contributed by atoms with Crippen LogP contribution in [0.15, 0.2) is 29.3 Å². The van der Waals surface area contributed by atoms with Gasteiger partial charge in [0.1, 0.15) is 5.52 Å². The number of nitrogens with zero attached hydrogens (tertiary/aromatic N) is 5. The molecule has 1 saturated heterocycles. The van der Waals surface area contributed by atoms with E-state index in [0.29, 0.717) is 29.6 Å². The highest BCUT2D eigenvalue weighted by Crippen LogP contribution is 2.40. The van der Waals surface area contributed by atoms with Crippen LogP contribution in [0.25, 0.3) is 11.5 Å². The molecule has 4 rings (SSSR count). The maximum absolute atomic E-state index is 13.4. The number of halogens is 3. The molecule has 0 bridgehead atoms. The largest absolute Gasteiger partial charge is 0.389 e. The van der Waals surface area contributed by atoms with Crippen molar-refractivity contribution in [1.82, 2.24) is 29.3 Å². The number of H-pyrrole nitrogens is 1. The van der Waals surface area contributed by atoms with Crippen LogP contribution in [0.1, 0.15) is 49.2 Å². The normalized spacial score (nSPS) is 21.6. The third-order valence-corrected chi connectivity index (χ3v) is 6.75. The molecule has 1 aliphatic heterocycles. The summed E-state index contributed by atoms with van der Waals surface area (Å²) >= 11 is 0. The van der Waals surface area contributed by atoms with Crippen molar-refractivity contribution < 1.29 is 18.0 Å². The molecule has 0 saturated carbocycles. The molecule has 3 aromatic heterocycles. The second kappa shape index (κ2) is 8.68. The maximum Gasteiger partial charge on any atom is 0.389 e. The Bertz CT molecular complexity index is 1200. The van der Waals surface area contributed by atoms with E-state index < -0.39 is 18.5 Å². The van der Waals surface area contributed by atoms with Gasteiger partial charge in [-0.15, -0.1) is 5.10 Å². The molecule has 178 valence electrons. The minimum Gasteiger partial charge on any atom is -0.338 e. The number of alkyl halides is 3. The Hall–Kier alpha value is -3.11. The van der Waals surface area contributed by atoms with Crippen molar-refractivity contribution in [2.45, 2.75) is 46.2 Å². The number of piperidine rings is 1. The fourth-order valence-electron chi connectivity index (χ4n) is 4.96. The maximum atomic E-state index is 13.4. The smallest absolute Gasteiger partial charge is 0.338 e. The van der Waals surface area contributed by atoms with E-state index in [-0.39, 0.29) is 42.3 Å². The number of rotatable bonds is 5. The highest BCUT2D eigenvalue weighted by Gasteiger charge is 2.43. The summed E-state index contributed by atoms with van der Waals surface area (Å²) in [5, 5.41) is 8.59. The molecule has 0 aromatic carbocycles. The fraction of sp³-hybridized carbons (Fsp3) is 0.545. The molecule has 4 heterocycles. The molecule has 1 fully saturated rings. The Morgan fingerprint density at radius 3 is 2.48 bits per heavy atom. The van der Waals surface area contributed by atoms with E-state index in [1.807, 2.05) is 13.8 Å². The molecule has 1 N–H and O–H groups in total. The quantitative estimate of drug-likeness (QED) is 0.625. The molecule has 2 atom stereocenters. The van der Waals surface area contributed by atoms with Crippen LogP contribution in [-0.2, 0) is 0 Å². The van der Waals surface area contributed by atoms with E-state index in [2.05, 4.69) is 15.2 Å². The standard InChI is InChI=1S/C22H27F3N6O2/c1-4-14-11-29(12-15(5-2)16(14)9-22(23,24)25)20(33)17-10-26-31(13(17)3)21-27-19(32)18-7-6-8-30(18)28-21/h6-8,10,14-16H,4-5,9,11-12H2,1-3H3,(H,27,28,32). The Labute approximate surface area is 188 Å². The Kier molecular flexibility index (Phi) is 6.06. The van der Waals surface area contributed by atoms with Gasteiger partial charge >= 0.3 is 6.18 Å². The topological polar surface area (TPSA) is 88.3 Å². The van der Waals surface area contributed by atoms with Crippen molar-refractivity contribution >= 4 is 11.4 Å². The van der Waals surface area contributed by atoms with Crippen LogP contribution in [0.2, 0.25) is 0 Å². The third kappa shape index (κ3) is 4.40. The Balaban J connectivity index is 1.61. The number of likely N-dealkylation sites (tertiary alicyclic amines) is 1. The van der Waals surface area contributed by atoms with Gasteiger partial charge in [0.15, 0.2) is 0 Å². The summed E-state index contributed by atoms with van der Waals surface area (Å²) in [5.41, 5.74) is 0.881. The van der Waals surface area contributed by atoms with Gasteiger partial charge in [0, 0.05) is 25.7 Å². The average Bonchev–Trinajstić information content (AvgIpc) is 3.39. The van der Waals surface area contributed by atoms with Gasteiger partial charge in [-0.25, -0.2) is 9.20 Å². The molecule has 8 nitrogen and oxygen atoms in total. The summed E-state index contributed by atoms with van der Waals surface area (Å²) in [6.45, 7) is 6.00. The molecule has 3 aromatic rings. The van der Waals surface area contributed by atoms with Crippen LogP contribution >= 0.6 is 0 Å². The van der Waals surface area contributed by atoms with Crippen LogP contribution in [-0.4, -0.2) is 54.5 Å². The van der Waals surface area contributed by atoms with E-state index in [0.717, 1.165) is 0 Å². The van der Waals surface area contributed by atoms with Gasteiger partial charge in [-0.05, 0) is 36.8 Å². The average molecular weight is 464 g/mol. The van der Waals surface area contributed by atoms with E-state index in [1.54, 1.807) is 30.2 Å². The monoisotopic (exact) mass is 464 g/mol. The van der Waals surface area contributed by atoms with Crippen molar-refractivity contribution in [1.29, 1.82) is 0 Å². The number of carbonyl (C=O) groups is 1. The number of amides is 1. The highest BCUT2D eigenvalue weighted by molar-refractivity contribution is 5.95. The summed E-state index contributed by atoms with van der Waals surface area (Å²) in [4.78, 5) is 30.0. The lowest BCUT2D eigenvalue weighted by molar-refractivity contribution is -0.158. The predicted octanol–water partition coefficient (Wildman–Crippen LogP) is 3.59. The first-order valence-electron chi connectivity index (χ1n) is 11.1. The molecule has 33 heavy (non-hydrogen) atoms. The second-order valence-corrected chi connectivity index (χ2v) is 8.70. The predicted molar refractivity (Wildman–Crippen MR) is 115 cm³/mol.